The van der Waals surface area contributed by atoms with Gasteiger partial charge in [-0.2, -0.15) is 0 Å². The Kier molecular flexibility index (Phi) is 3.79. The SMILES string of the molecule is CC(C)(C)CN1CCC(C)(C(C)(C)C)CC1. The Balaban J connectivity index is 2.52. The third kappa shape index (κ3) is 3.48. The van der Waals surface area contributed by atoms with Crippen LogP contribution in [0.1, 0.15) is 61.3 Å². The van der Waals surface area contributed by atoms with E-state index in [1.165, 1.54) is 32.5 Å². The van der Waals surface area contributed by atoms with Gasteiger partial charge in [0.25, 0.3) is 0 Å². The molecule has 1 rings (SSSR count). The summed E-state index contributed by atoms with van der Waals surface area (Å²) >= 11 is 0. The highest BCUT2D eigenvalue weighted by Crippen LogP contribution is 2.46. The maximum absolute atomic E-state index is 2.65. The zero-order chi connectivity index (χ0) is 12.6. The van der Waals surface area contributed by atoms with E-state index in [1.807, 2.05) is 0 Å². The third-order valence-electron chi connectivity index (χ3n) is 4.47. The summed E-state index contributed by atoms with van der Waals surface area (Å²) < 4.78 is 0. The van der Waals surface area contributed by atoms with E-state index in [4.69, 9.17) is 0 Å². The molecule has 1 saturated heterocycles. The molecule has 16 heavy (non-hydrogen) atoms. The van der Waals surface area contributed by atoms with Crippen LogP contribution in [0.15, 0.2) is 0 Å². The van der Waals surface area contributed by atoms with Crippen molar-refractivity contribution in [2.24, 2.45) is 16.2 Å². The molecule has 1 aliphatic rings. The average molecular weight is 225 g/mol. The second kappa shape index (κ2) is 4.33. The van der Waals surface area contributed by atoms with Gasteiger partial charge in [-0.1, -0.05) is 48.5 Å². The van der Waals surface area contributed by atoms with Gasteiger partial charge in [0.05, 0.1) is 0 Å². The van der Waals surface area contributed by atoms with Crippen molar-refractivity contribution in [2.45, 2.75) is 61.3 Å². The van der Waals surface area contributed by atoms with Crippen LogP contribution in [0.2, 0.25) is 0 Å². The van der Waals surface area contributed by atoms with Gasteiger partial charge in [-0.05, 0) is 42.2 Å². The van der Waals surface area contributed by atoms with E-state index >= 15 is 0 Å². The molecule has 0 amide bonds. The molecule has 1 fully saturated rings. The van der Waals surface area contributed by atoms with Gasteiger partial charge in [0, 0.05) is 6.54 Å². The van der Waals surface area contributed by atoms with Crippen molar-refractivity contribution < 1.29 is 0 Å². The van der Waals surface area contributed by atoms with Gasteiger partial charge in [0.15, 0.2) is 0 Å². The quantitative estimate of drug-likeness (QED) is 0.647. The van der Waals surface area contributed by atoms with E-state index in [9.17, 15) is 0 Å². The second-order valence-electron chi connectivity index (χ2n) is 8.15. The number of likely N-dealkylation sites (tertiary alicyclic amines) is 1. The Morgan fingerprint density at radius 2 is 1.38 bits per heavy atom. The Hall–Kier alpha value is -0.0400. The fourth-order valence-electron chi connectivity index (χ4n) is 2.63. The summed E-state index contributed by atoms with van der Waals surface area (Å²) in [5.41, 5.74) is 1.41. The molecule has 0 aromatic carbocycles. The Morgan fingerprint density at radius 3 is 1.69 bits per heavy atom. The molecular formula is C15H31N. The summed E-state index contributed by atoms with van der Waals surface area (Å²) in [6.07, 6.45) is 2.71. The minimum absolute atomic E-state index is 0.440. The van der Waals surface area contributed by atoms with Gasteiger partial charge < -0.3 is 4.90 Å². The lowest BCUT2D eigenvalue weighted by molar-refractivity contribution is 0.0125. The van der Waals surface area contributed by atoms with Crippen molar-refractivity contribution in [1.82, 2.24) is 4.90 Å². The molecule has 0 aromatic rings. The summed E-state index contributed by atoms with van der Waals surface area (Å²) in [6, 6.07) is 0. The number of piperidine rings is 1. The monoisotopic (exact) mass is 225 g/mol. The smallest absolute Gasteiger partial charge is 0.00300 e. The maximum atomic E-state index is 2.65. The molecule has 0 spiro atoms. The van der Waals surface area contributed by atoms with E-state index in [0.717, 1.165) is 0 Å². The molecule has 96 valence electrons. The standard InChI is InChI=1S/C15H31N/c1-13(2,3)12-16-10-8-15(7,9-11-16)14(4,5)6/h8-12H2,1-7H3. The lowest BCUT2D eigenvalue weighted by atomic mass is 9.63. The van der Waals surface area contributed by atoms with Crippen LogP contribution in [0, 0.1) is 16.2 Å². The normalized spacial score (nSPS) is 23.4. The fourth-order valence-corrected chi connectivity index (χ4v) is 2.63. The first-order chi connectivity index (χ1) is 7.04. The Bertz CT molecular complexity index is 221. The third-order valence-corrected chi connectivity index (χ3v) is 4.47. The van der Waals surface area contributed by atoms with Crippen LogP contribution in [0.4, 0.5) is 0 Å². The lowest BCUT2D eigenvalue weighted by Crippen LogP contribution is -2.46. The summed E-state index contributed by atoms with van der Waals surface area (Å²) in [6.45, 7) is 20.5. The summed E-state index contributed by atoms with van der Waals surface area (Å²) in [4.78, 5) is 2.65. The van der Waals surface area contributed by atoms with Gasteiger partial charge in [0.2, 0.25) is 0 Å². The molecule has 0 saturated carbocycles. The predicted molar refractivity (Wildman–Crippen MR) is 72.7 cm³/mol. The van der Waals surface area contributed by atoms with Crippen molar-refractivity contribution >= 4 is 0 Å². The molecular weight excluding hydrogens is 194 g/mol. The van der Waals surface area contributed by atoms with Gasteiger partial charge in [-0.15, -0.1) is 0 Å². The molecule has 0 aromatic heterocycles. The van der Waals surface area contributed by atoms with Crippen LogP contribution in [0.25, 0.3) is 0 Å². The first kappa shape index (κ1) is 14.0. The largest absolute Gasteiger partial charge is 0.303 e. The predicted octanol–water partition coefficient (Wildman–Crippen LogP) is 4.18. The molecule has 0 bridgehead atoms. The van der Waals surface area contributed by atoms with Gasteiger partial charge in [0.1, 0.15) is 0 Å². The van der Waals surface area contributed by atoms with Crippen molar-refractivity contribution in [3.63, 3.8) is 0 Å². The second-order valence-corrected chi connectivity index (χ2v) is 8.15. The average Bonchev–Trinajstić information content (AvgIpc) is 2.05. The van der Waals surface area contributed by atoms with Crippen LogP contribution in [0.3, 0.4) is 0 Å². The topological polar surface area (TPSA) is 3.24 Å². The van der Waals surface area contributed by atoms with Crippen molar-refractivity contribution in [1.29, 1.82) is 0 Å². The van der Waals surface area contributed by atoms with Crippen LogP contribution < -0.4 is 0 Å². The number of rotatable bonds is 1. The molecule has 0 radical (unpaired) electrons. The first-order valence-corrected chi connectivity index (χ1v) is 6.76. The van der Waals surface area contributed by atoms with E-state index < -0.39 is 0 Å². The number of hydrogen-bond acceptors (Lipinski definition) is 1. The van der Waals surface area contributed by atoms with E-state index in [1.54, 1.807) is 0 Å². The first-order valence-electron chi connectivity index (χ1n) is 6.76. The number of hydrogen-bond donors (Lipinski definition) is 0. The minimum atomic E-state index is 0.440. The lowest BCUT2D eigenvalue weighted by Gasteiger charge is -2.48. The number of nitrogens with zero attached hydrogens (tertiary/aromatic N) is 1. The van der Waals surface area contributed by atoms with Crippen LogP contribution in [-0.2, 0) is 0 Å². The molecule has 1 heterocycles. The highest BCUT2D eigenvalue weighted by molar-refractivity contribution is 4.91. The molecule has 0 aliphatic carbocycles. The zero-order valence-corrected chi connectivity index (χ0v) is 12.5. The van der Waals surface area contributed by atoms with E-state index in [2.05, 4.69) is 53.4 Å². The zero-order valence-electron chi connectivity index (χ0n) is 12.5. The van der Waals surface area contributed by atoms with Gasteiger partial charge in [-0.3, -0.25) is 0 Å². The van der Waals surface area contributed by atoms with Crippen LogP contribution in [0.5, 0.6) is 0 Å². The van der Waals surface area contributed by atoms with E-state index in [0.29, 0.717) is 16.2 Å². The minimum Gasteiger partial charge on any atom is -0.303 e. The Labute approximate surface area is 103 Å². The molecule has 0 atom stereocenters. The summed E-state index contributed by atoms with van der Waals surface area (Å²) in [5, 5.41) is 0. The summed E-state index contributed by atoms with van der Waals surface area (Å²) in [5.74, 6) is 0. The van der Waals surface area contributed by atoms with Gasteiger partial charge >= 0.3 is 0 Å². The fraction of sp³-hybridized carbons (Fsp3) is 1.00. The van der Waals surface area contributed by atoms with Crippen LogP contribution >= 0.6 is 0 Å². The van der Waals surface area contributed by atoms with Crippen molar-refractivity contribution in [2.75, 3.05) is 19.6 Å². The molecule has 1 heteroatoms. The molecule has 1 aliphatic heterocycles. The van der Waals surface area contributed by atoms with Crippen molar-refractivity contribution in [3.05, 3.63) is 0 Å². The highest BCUT2D eigenvalue weighted by atomic mass is 15.1. The highest BCUT2D eigenvalue weighted by Gasteiger charge is 2.40. The van der Waals surface area contributed by atoms with Crippen molar-refractivity contribution in [3.8, 4) is 0 Å². The molecule has 0 unspecified atom stereocenters. The summed E-state index contributed by atoms with van der Waals surface area (Å²) in [7, 11) is 0. The van der Waals surface area contributed by atoms with Crippen LogP contribution in [-0.4, -0.2) is 24.5 Å². The molecule has 1 nitrogen and oxygen atoms in total. The maximum Gasteiger partial charge on any atom is 0.00300 e. The van der Waals surface area contributed by atoms with E-state index in [-0.39, 0.29) is 0 Å². The molecule has 0 N–H and O–H groups in total. The Morgan fingerprint density at radius 1 is 0.938 bits per heavy atom. The van der Waals surface area contributed by atoms with Gasteiger partial charge in [-0.25, -0.2) is 0 Å².